The van der Waals surface area contributed by atoms with Crippen LogP contribution in [0.3, 0.4) is 0 Å². The number of hydrogen-bond acceptors (Lipinski definition) is 2. The zero-order chi connectivity index (χ0) is 14.9. The Morgan fingerprint density at radius 2 is 2.10 bits per heavy atom. The van der Waals surface area contributed by atoms with E-state index in [4.69, 9.17) is 11.6 Å². The van der Waals surface area contributed by atoms with Crippen LogP contribution in [0.15, 0.2) is 22.7 Å². The third-order valence-corrected chi connectivity index (χ3v) is 4.56. The first kappa shape index (κ1) is 15.3. The van der Waals surface area contributed by atoms with Gasteiger partial charge in [0.1, 0.15) is 5.54 Å². The molecular formula is C14H15BrClNO3. The van der Waals surface area contributed by atoms with Gasteiger partial charge in [0.15, 0.2) is 0 Å². The molecule has 6 heteroatoms. The molecule has 1 amide bonds. The molecule has 0 saturated carbocycles. The molecule has 1 fully saturated rings. The molecule has 1 aliphatic heterocycles. The molecule has 1 aromatic rings. The number of rotatable bonds is 2. The van der Waals surface area contributed by atoms with Crippen LogP contribution in [0.2, 0.25) is 5.02 Å². The highest BCUT2D eigenvalue weighted by atomic mass is 79.9. The van der Waals surface area contributed by atoms with Crippen LogP contribution >= 0.6 is 27.5 Å². The maximum atomic E-state index is 12.6. The van der Waals surface area contributed by atoms with Crippen LogP contribution in [-0.2, 0) is 4.79 Å². The highest BCUT2D eigenvalue weighted by molar-refractivity contribution is 9.10. The lowest BCUT2D eigenvalue weighted by Crippen LogP contribution is -2.57. The molecule has 1 N–H and O–H groups in total. The second-order valence-electron chi connectivity index (χ2n) is 5.12. The van der Waals surface area contributed by atoms with Gasteiger partial charge in [0.05, 0.1) is 10.6 Å². The molecule has 0 aliphatic carbocycles. The third-order valence-electron chi connectivity index (χ3n) is 3.76. The third kappa shape index (κ3) is 2.69. The molecule has 1 unspecified atom stereocenters. The van der Waals surface area contributed by atoms with Crippen molar-refractivity contribution in [2.45, 2.75) is 31.7 Å². The van der Waals surface area contributed by atoms with Crippen LogP contribution in [0.25, 0.3) is 0 Å². The number of halogens is 2. The lowest BCUT2D eigenvalue weighted by Gasteiger charge is -2.41. The number of likely N-dealkylation sites (tertiary alicyclic amines) is 1. The van der Waals surface area contributed by atoms with Crippen molar-refractivity contribution in [2.75, 3.05) is 6.54 Å². The van der Waals surface area contributed by atoms with Crippen molar-refractivity contribution in [3.63, 3.8) is 0 Å². The fourth-order valence-corrected chi connectivity index (χ4v) is 3.23. The molecule has 1 heterocycles. The summed E-state index contributed by atoms with van der Waals surface area (Å²) in [5.74, 6) is -1.30. The number of carboxylic acid groups (broad SMARTS) is 1. The van der Waals surface area contributed by atoms with Gasteiger partial charge < -0.3 is 10.0 Å². The summed E-state index contributed by atoms with van der Waals surface area (Å²) in [5.41, 5.74) is -0.824. The highest BCUT2D eigenvalue weighted by Crippen LogP contribution is 2.31. The number of hydrogen-bond donors (Lipinski definition) is 1. The van der Waals surface area contributed by atoms with Gasteiger partial charge in [-0.15, -0.1) is 0 Å². The number of carboxylic acids is 1. The van der Waals surface area contributed by atoms with E-state index in [-0.39, 0.29) is 5.91 Å². The first-order valence-electron chi connectivity index (χ1n) is 6.36. The van der Waals surface area contributed by atoms with E-state index in [2.05, 4.69) is 15.9 Å². The van der Waals surface area contributed by atoms with Crippen LogP contribution in [0, 0.1) is 0 Å². The Bertz CT molecular complexity index is 563. The van der Waals surface area contributed by atoms with Crippen molar-refractivity contribution >= 4 is 39.4 Å². The van der Waals surface area contributed by atoms with Crippen molar-refractivity contribution < 1.29 is 14.7 Å². The van der Waals surface area contributed by atoms with Crippen LogP contribution in [0.5, 0.6) is 0 Å². The monoisotopic (exact) mass is 359 g/mol. The van der Waals surface area contributed by atoms with Crippen molar-refractivity contribution in [1.29, 1.82) is 0 Å². The molecule has 108 valence electrons. The average Bonchev–Trinajstić information content (AvgIpc) is 2.38. The van der Waals surface area contributed by atoms with E-state index in [1.807, 2.05) is 0 Å². The van der Waals surface area contributed by atoms with Gasteiger partial charge in [-0.2, -0.15) is 0 Å². The van der Waals surface area contributed by atoms with Crippen LogP contribution < -0.4 is 0 Å². The zero-order valence-electron chi connectivity index (χ0n) is 11.0. The number of nitrogens with zero attached hydrogens (tertiary/aromatic N) is 1. The molecule has 1 saturated heterocycles. The first-order chi connectivity index (χ1) is 9.36. The summed E-state index contributed by atoms with van der Waals surface area (Å²) in [6.07, 6.45) is 2.08. The van der Waals surface area contributed by atoms with E-state index >= 15 is 0 Å². The van der Waals surface area contributed by atoms with E-state index in [1.165, 1.54) is 4.90 Å². The maximum Gasteiger partial charge on any atom is 0.329 e. The largest absolute Gasteiger partial charge is 0.480 e. The van der Waals surface area contributed by atoms with Crippen molar-refractivity contribution in [3.05, 3.63) is 33.3 Å². The molecule has 2 rings (SSSR count). The van der Waals surface area contributed by atoms with Gasteiger partial charge in [0, 0.05) is 11.0 Å². The van der Waals surface area contributed by atoms with Crippen molar-refractivity contribution in [3.8, 4) is 0 Å². The maximum absolute atomic E-state index is 12.6. The minimum atomic E-state index is -1.16. The lowest BCUT2D eigenvalue weighted by molar-refractivity contribution is -0.150. The minimum Gasteiger partial charge on any atom is -0.480 e. The topological polar surface area (TPSA) is 57.6 Å². The standard InChI is InChI=1S/C14H15BrClNO3/c1-14(13(19)20)6-2-3-7-17(14)12(18)10-5-4-9(15)8-11(10)16/h4-5,8H,2-3,6-7H2,1H3,(H,19,20). The smallest absolute Gasteiger partial charge is 0.329 e. The number of aliphatic carboxylic acids is 1. The number of benzene rings is 1. The van der Waals surface area contributed by atoms with Crippen LogP contribution in [-0.4, -0.2) is 34.0 Å². The van der Waals surface area contributed by atoms with E-state index in [0.717, 1.165) is 17.3 Å². The predicted octanol–water partition coefficient (Wildman–Crippen LogP) is 3.57. The molecule has 1 atom stereocenters. The minimum absolute atomic E-state index is 0.322. The van der Waals surface area contributed by atoms with Gasteiger partial charge in [-0.1, -0.05) is 27.5 Å². The summed E-state index contributed by atoms with van der Waals surface area (Å²) in [4.78, 5) is 25.6. The van der Waals surface area contributed by atoms with Gasteiger partial charge in [-0.25, -0.2) is 4.79 Å². The lowest BCUT2D eigenvalue weighted by atomic mass is 9.88. The normalized spacial score (nSPS) is 22.6. The second kappa shape index (κ2) is 5.74. The zero-order valence-corrected chi connectivity index (χ0v) is 13.4. The van der Waals surface area contributed by atoms with Gasteiger partial charge >= 0.3 is 5.97 Å². The summed E-state index contributed by atoms with van der Waals surface area (Å²) < 4.78 is 0.777. The highest BCUT2D eigenvalue weighted by Gasteiger charge is 2.44. The number of carbonyl (C=O) groups is 2. The van der Waals surface area contributed by atoms with Crippen LogP contribution in [0.4, 0.5) is 0 Å². The molecule has 1 aliphatic rings. The Kier molecular flexibility index (Phi) is 4.39. The van der Waals surface area contributed by atoms with E-state index in [0.29, 0.717) is 23.6 Å². The molecule has 1 aromatic carbocycles. The Morgan fingerprint density at radius 3 is 2.70 bits per heavy atom. The van der Waals surface area contributed by atoms with Gasteiger partial charge in [-0.3, -0.25) is 4.79 Å². The predicted molar refractivity (Wildman–Crippen MR) is 80.1 cm³/mol. The Balaban J connectivity index is 2.37. The first-order valence-corrected chi connectivity index (χ1v) is 7.54. The van der Waals surface area contributed by atoms with Crippen molar-refractivity contribution in [1.82, 2.24) is 4.90 Å². The Morgan fingerprint density at radius 1 is 1.40 bits per heavy atom. The quantitative estimate of drug-likeness (QED) is 0.877. The van der Waals surface area contributed by atoms with Gasteiger partial charge in [-0.05, 0) is 44.4 Å². The number of carbonyl (C=O) groups excluding carboxylic acids is 1. The molecule has 0 bridgehead atoms. The second-order valence-corrected chi connectivity index (χ2v) is 6.44. The van der Waals surface area contributed by atoms with Gasteiger partial charge in [0.25, 0.3) is 5.91 Å². The fraction of sp³-hybridized carbons (Fsp3) is 0.429. The Hall–Kier alpha value is -1.07. The summed E-state index contributed by atoms with van der Waals surface area (Å²) in [5, 5.41) is 9.76. The summed E-state index contributed by atoms with van der Waals surface area (Å²) in [6.45, 7) is 2.03. The van der Waals surface area contributed by atoms with Crippen molar-refractivity contribution in [2.24, 2.45) is 0 Å². The summed E-state index contributed by atoms with van der Waals surface area (Å²) >= 11 is 9.37. The van der Waals surface area contributed by atoms with Gasteiger partial charge in [0.2, 0.25) is 0 Å². The van der Waals surface area contributed by atoms with E-state index < -0.39 is 11.5 Å². The van der Waals surface area contributed by atoms with E-state index in [1.54, 1.807) is 25.1 Å². The van der Waals surface area contributed by atoms with E-state index in [9.17, 15) is 14.7 Å². The van der Waals surface area contributed by atoms with Crippen LogP contribution in [0.1, 0.15) is 36.5 Å². The fourth-order valence-electron chi connectivity index (χ4n) is 2.48. The summed E-state index contributed by atoms with van der Waals surface area (Å²) in [7, 11) is 0. The number of amides is 1. The molecule has 20 heavy (non-hydrogen) atoms. The SMILES string of the molecule is CC1(C(=O)O)CCCCN1C(=O)c1ccc(Br)cc1Cl. The summed E-state index contributed by atoms with van der Waals surface area (Å²) in [6, 6.07) is 4.98. The number of piperidine rings is 1. The molecular weight excluding hydrogens is 346 g/mol. The molecule has 0 radical (unpaired) electrons. The Labute approximate surface area is 130 Å². The molecule has 4 nitrogen and oxygen atoms in total. The molecule has 0 spiro atoms. The molecule has 0 aromatic heterocycles. The average molecular weight is 361 g/mol.